The predicted octanol–water partition coefficient (Wildman–Crippen LogP) is 6.04. The van der Waals surface area contributed by atoms with E-state index < -0.39 is 6.10 Å². The van der Waals surface area contributed by atoms with E-state index in [-0.39, 0.29) is 17.6 Å². The van der Waals surface area contributed by atoms with Gasteiger partial charge in [0.05, 0.1) is 38.6 Å². The van der Waals surface area contributed by atoms with Gasteiger partial charge < -0.3 is 28.8 Å². The summed E-state index contributed by atoms with van der Waals surface area (Å²) in [6.07, 6.45) is 6.41. The Morgan fingerprint density at radius 3 is 2.45 bits per heavy atom. The fourth-order valence-electron chi connectivity index (χ4n) is 5.56. The fourth-order valence-corrected chi connectivity index (χ4v) is 5.56. The third-order valence-corrected chi connectivity index (χ3v) is 7.41. The first-order chi connectivity index (χ1) is 18.4. The third kappa shape index (κ3) is 7.67. The molecular weight excluding hydrogens is 480 g/mol. The van der Waals surface area contributed by atoms with Gasteiger partial charge in [-0.25, -0.2) is 0 Å². The summed E-state index contributed by atoms with van der Waals surface area (Å²) in [5, 5.41) is 11.0. The Kier molecular flexibility index (Phi) is 10.4. The second kappa shape index (κ2) is 13.7. The minimum Gasteiger partial charge on any atom is -0.483 e. The van der Waals surface area contributed by atoms with Crippen LogP contribution < -0.4 is 4.74 Å². The Labute approximate surface area is 227 Å². The molecule has 4 rings (SSSR count). The molecule has 2 aliphatic rings. The first kappa shape index (κ1) is 28.8. The molecule has 3 atom stereocenters. The van der Waals surface area contributed by atoms with Gasteiger partial charge in [-0.3, -0.25) is 0 Å². The van der Waals surface area contributed by atoms with Crippen LogP contribution in [-0.4, -0.2) is 57.0 Å². The highest BCUT2D eigenvalue weighted by molar-refractivity contribution is 5.74. The largest absolute Gasteiger partial charge is 0.483 e. The smallest absolute Gasteiger partial charge is 0.128 e. The standard InChI is InChI=1S/C32H44O6/c1-32(2)20-26(7-6-16-34-3)27-19-24(12-15-29(27)38-32)22-37-30-9-5-8-28(33)31(30)25-13-10-23(11-14-25)21-36-18-17-35-4/h10-15,19-20,28,30-31,33H,5-9,16-18,21-22H2,1-4H3/t28-,30+,31+/m1/s1. The van der Waals surface area contributed by atoms with Crippen LogP contribution in [0.4, 0.5) is 0 Å². The van der Waals surface area contributed by atoms with Gasteiger partial charge in [0.15, 0.2) is 0 Å². The highest BCUT2D eigenvalue weighted by Crippen LogP contribution is 2.40. The number of hydrogen-bond donors (Lipinski definition) is 1. The van der Waals surface area contributed by atoms with E-state index in [1.807, 2.05) is 0 Å². The van der Waals surface area contributed by atoms with Crippen LogP contribution in [0.2, 0.25) is 0 Å². The minimum absolute atomic E-state index is 0.0366. The van der Waals surface area contributed by atoms with Crippen molar-refractivity contribution in [3.05, 3.63) is 70.8 Å². The Morgan fingerprint density at radius 1 is 0.921 bits per heavy atom. The molecule has 1 saturated carbocycles. The molecule has 0 spiro atoms. The van der Waals surface area contributed by atoms with Crippen molar-refractivity contribution < 1.29 is 28.8 Å². The van der Waals surface area contributed by atoms with Gasteiger partial charge in [0, 0.05) is 32.3 Å². The Morgan fingerprint density at radius 2 is 1.68 bits per heavy atom. The van der Waals surface area contributed by atoms with E-state index in [0.717, 1.165) is 66.7 Å². The van der Waals surface area contributed by atoms with Crippen LogP contribution in [0.3, 0.4) is 0 Å². The van der Waals surface area contributed by atoms with Gasteiger partial charge in [0.25, 0.3) is 0 Å². The van der Waals surface area contributed by atoms with Crippen LogP contribution in [0.1, 0.15) is 74.1 Å². The van der Waals surface area contributed by atoms with Crippen LogP contribution in [0.5, 0.6) is 5.75 Å². The van der Waals surface area contributed by atoms with Crippen molar-refractivity contribution in [2.75, 3.05) is 34.0 Å². The predicted molar refractivity (Wildman–Crippen MR) is 149 cm³/mol. The van der Waals surface area contributed by atoms with Crippen LogP contribution >= 0.6 is 0 Å². The van der Waals surface area contributed by atoms with Crippen LogP contribution in [0, 0.1) is 0 Å². The number of rotatable bonds is 13. The summed E-state index contributed by atoms with van der Waals surface area (Å²) < 4.78 is 28.7. The molecule has 6 heteroatoms. The van der Waals surface area contributed by atoms with Gasteiger partial charge in [-0.1, -0.05) is 30.3 Å². The van der Waals surface area contributed by atoms with E-state index in [2.05, 4.69) is 62.4 Å². The SMILES string of the molecule is COCCCC1=CC(C)(C)Oc2ccc(CO[C@H]3CCC[C@@H](O)[C@@H]3c3ccc(COCCOC)cc3)cc21. The number of allylic oxidation sites excluding steroid dienone is 1. The molecule has 1 fully saturated rings. The lowest BCUT2D eigenvalue weighted by atomic mass is 9.79. The fraction of sp³-hybridized carbons (Fsp3) is 0.562. The highest BCUT2D eigenvalue weighted by atomic mass is 16.5. The quantitative estimate of drug-likeness (QED) is 0.322. The van der Waals surface area contributed by atoms with Gasteiger partial charge in [0.2, 0.25) is 0 Å². The van der Waals surface area contributed by atoms with E-state index in [0.29, 0.717) is 26.4 Å². The summed E-state index contributed by atoms with van der Waals surface area (Å²) >= 11 is 0. The van der Waals surface area contributed by atoms with E-state index in [1.54, 1.807) is 14.2 Å². The van der Waals surface area contributed by atoms with Crippen LogP contribution in [-0.2, 0) is 32.2 Å². The van der Waals surface area contributed by atoms with E-state index in [1.165, 1.54) is 5.57 Å². The molecule has 1 aliphatic heterocycles. The number of aliphatic hydroxyl groups is 1. The topological polar surface area (TPSA) is 66.4 Å². The molecule has 0 radical (unpaired) electrons. The molecule has 1 aliphatic carbocycles. The molecule has 2 aromatic carbocycles. The van der Waals surface area contributed by atoms with Crippen molar-refractivity contribution >= 4 is 5.57 Å². The molecule has 1 N–H and O–H groups in total. The van der Waals surface area contributed by atoms with E-state index in [9.17, 15) is 5.11 Å². The number of fused-ring (bicyclic) bond motifs is 1. The lowest BCUT2D eigenvalue weighted by Gasteiger charge is -2.36. The molecule has 1 heterocycles. The molecule has 2 aromatic rings. The molecule has 38 heavy (non-hydrogen) atoms. The van der Waals surface area contributed by atoms with Gasteiger partial charge in [-0.2, -0.15) is 0 Å². The summed E-state index contributed by atoms with van der Waals surface area (Å²) in [4.78, 5) is 0. The molecular formula is C32H44O6. The molecule has 0 unspecified atom stereocenters. The van der Waals surface area contributed by atoms with Crippen LogP contribution in [0.25, 0.3) is 5.57 Å². The maximum absolute atomic E-state index is 11.0. The van der Waals surface area contributed by atoms with Crippen molar-refractivity contribution in [1.82, 2.24) is 0 Å². The maximum atomic E-state index is 11.0. The number of methoxy groups -OCH3 is 2. The minimum atomic E-state index is -0.410. The summed E-state index contributed by atoms with van der Waals surface area (Å²) in [5.41, 5.74) is 5.46. The van der Waals surface area contributed by atoms with Crippen molar-refractivity contribution in [1.29, 1.82) is 0 Å². The first-order valence-electron chi connectivity index (χ1n) is 13.9. The number of aliphatic hydroxyl groups excluding tert-OH is 1. The number of hydrogen-bond acceptors (Lipinski definition) is 6. The molecule has 0 bridgehead atoms. The first-order valence-corrected chi connectivity index (χ1v) is 13.9. The van der Waals surface area contributed by atoms with Gasteiger partial charge >= 0.3 is 0 Å². The molecule has 0 saturated heterocycles. The second-order valence-corrected chi connectivity index (χ2v) is 11.0. The second-order valence-electron chi connectivity index (χ2n) is 11.0. The zero-order valence-electron chi connectivity index (χ0n) is 23.4. The molecule has 6 nitrogen and oxygen atoms in total. The molecule has 0 amide bonds. The monoisotopic (exact) mass is 524 g/mol. The van der Waals surface area contributed by atoms with Crippen LogP contribution in [0.15, 0.2) is 48.5 Å². The zero-order chi connectivity index (χ0) is 27.0. The average molecular weight is 525 g/mol. The number of benzene rings is 2. The van der Waals surface area contributed by atoms with Crippen molar-refractivity contribution in [3.63, 3.8) is 0 Å². The van der Waals surface area contributed by atoms with Gasteiger partial charge in [-0.05, 0) is 86.4 Å². The normalized spacial score (nSPS) is 22.4. The average Bonchev–Trinajstić information content (AvgIpc) is 2.90. The lowest BCUT2D eigenvalue weighted by molar-refractivity contribution is -0.0426. The number of ether oxygens (including phenoxy) is 5. The van der Waals surface area contributed by atoms with Crippen molar-refractivity contribution in [2.24, 2.45) is 0 Å². The maximum Gasteiger partial charge on any atom is 0.128 e. The van der Waals surface area contributed by atoms with Crippen molar-refractivity contribution in [2.45, 2.75) is 82.9 Å². The van der Waals surface area contributed by atoms with Gasteiger partial charge in [-0.15, -0.1) is 0 Å². The molecule has 208 valence electrons. The summed E-state index contributed by atoms with van der Waals surface area (Å²) in [6, 6.07) is 14.8. The van der Waals surface area contributed by atoms with Gasteiger partial charge in [0.1, 0.15) is 11.4 Å². The van der Waals surface area contributed by atoms with Crippen molar-refractivity contribution in [3.8, 4) is 5.75 Å². The van der Waals surface area contributed by atoms with E-state index in [4.69, 9.17) is 23.7 Å². The Bertz CT molecular complexity index is 1040. The molecule has 0 aromatic heterocycles. The van der Waals surface area contributed by atoms with E-state index >= 15 is 0 Å². The zero-order valence-corrected chi connectivity index (χ0v) is 23.4. The summed E-state index contributed by atoms with van der Waals surface area (Å²) in [6.45, 7) is 7.15. The lowest BCUT2D eigenvalue weighted by Crippen LogP contribution is -2.36. The third-order valence-electron chi connectivity index (χ3n) is 7.41. The highest BCUT2D eigenvalue weighted by Gasteiger charge is 2.34. The Balaban J connectivity index is 1.43. The Hall–Kier alpha value is -2.22. The summed E-state index contributed by atoms with van der Waals surface area (Å²) in [7, 11) is 3.42. The summed E-state index contributed by atoms with van der Waals surface area (Å²) in [5.74, 6) is 0.879.